The minimum atomic E-state index is -4.49. The minimum Gasteiger partial charge on any atom is -0.281 e. The first-order valence-electron chi connectivity index (χ1n) is 3.65. The summed E-state index contributed by atoms with van der Waals surface area (Å²) in [5, 5.41) is -1.31. The van der Waals surface area contributed by atoms with E-state index < -0.39 is 17.3 Å². The Kier molecular flexibility index (Phi) is 4.60. The summed E-state index contributed by atoms with van der Waals surface area (Å²) in [5.41, 5.74) is 0. The van der Waals surface area contributed by atoms with Gasteiger partial charge >= 0.3 is 6.18 Å². The highest BCUT2D eigenvalue weighted by Gasteiger charge is 2.43. The number of rotatable bonds is 4. The molecule has 0 fully saturated rings. The molecule has 0 rings (SSSR count). The number of hydrogen-bond donors (Lipinski definition) is 0. The van der Waals surface area contributed by atoms with E-state index in [2.05, 4.69) is 0 Å². The molecule has 12 heavy (non-hydrogen) atoms. The van der Waals surface area contributed by atoms with Gasteiger partial charge in [0.1, 0.15) is 5.92 Å². The highest BCUT2D eigenvalue weighted by atomic mass is 35.5. The first-order valence-corrected chi connectivity index (χ1v) is 4.03. The molecular weight excluding hydrogens is 193 g/mol. The van der Waals surface area contributed by atoms with Crippen molar-refractivity contribution in [1.82, 2.24) is 0 Å². The number of alkyl halides is 3. The molecule has 0 aromatic rings. The highest BCUT2D eigenvalue weighted by Crippen LogP contribution is 2.31. The van der Waals surface area contributed by atoms with Crippen LogP contribution < -0.4 is 0 Å². The van der Waals surface area contributed by atoms with Crippen molar-refractivity contribution >= 4 is 16.8 Å². The van der Waals surface area contributed by atoms with Gasteiger partial charge in [-0.2, -0.15) is 13.2 Å². The smallest absolute Gasteiger partial charge is 0.281 e. The first kappa shape index (κ1) is 11.8. The van der Waals surface area contributed by atoms with Crippen LogP contribution in [-0.4, -0.2) is 11.4 Å². The van der Waals surface area contributed by atoms with Crippen molar-refractivity contribution in [2.24, 2.45) is 5.92 Å². The van der Waals surface area contributed by atoms with E-state index in [9.17, 15) is 18.0 Å². The topological polar surface area (TPSA) is 17.1 Å². The van der Waals surface area contributed by atoms with E-state index in [4.69, 9.17) is 11.6 Å². The molecule has 0 heterocycles. The maximum Gasteiger partial charge on any atom is 0.399 e. The first-order chi connectivity index (χ1) is 5.39. The molecule has 0 aromatic carbocycles. The monoisotopic (exact) mass is 202 g/mol. The van der Waals surface area contributed by atoms with Crippen LogP contribution in [0.15, 0.2) is 0 Å². The van der Waals surface area contributed by atoms with Crippen LogP contribution in [0.25, 0.3) is 0 Å². The number of carbonyl (C=O) groups is 1. The Morgan fingerprint density at radius 2 is 2.00 bits per heavy atom. The number of carbonyl (C=O) groups excluding carboxylic acids is 1. The molecule has 0 aromatic heterocycles. The van der Waals surface area contributed by atoms with E-state index in [0.717, 1.165) is 0 Å². The van der Waals surface area contributed by atoms with Gasteiger partial charge in [-0.05, 0) is 18.0 Å². The van der Waals surface area contributed by atoms with Crippen LogP contribution in [0, 0.1) is 5.92 Å². The van der Waals surface area contributed by atoms with Gasteiger partial charge in [-0.1, -0.05) is 19.8 Å². The van der Waals surface area contributed by atoms with Gasteiger partial charge in [-0.3, -0.25) is 4.79 Å². The molecule has 0 saturated heterocycles. The summed E-state index contributed by atoms with van der Waals surface area (Å²) in [4.78, 5) is 10.3. The van der Waals surface area contributed by atoms with Crippen molar-refractivity contribution in [1.29, 1.82) is 0 Å². The molecule has 0 aliphatic carbocycles. The fourth-order valence-electron chi connectivity index (χ4n) is 0.814. The fourth-order valence-corrected chi connectivity index (χ4v) is 1.05. The lowest BCUT2D eigenvalue weighted by Crippen LogP contribution is -2.27. The summed E-state index contributed by atoms with van der Waals surface area (Å²) in [6.07, 6.45) is -3.71. The normalized spacial score (nSPS) is 14.4. The van der Waals surface area contributed by atoms with Crippen LogP contribution in [-0.2, 0) is 4.79 Å². The number of unbranched alkanes of at least 4 members (excludes halogenated alkanes) is 1. The van der Waals surface area contributed by atoms with Crippen LogP contribution in [0.4, 0.5) is 13.2 Å². The lowest BCUT2D eigenvalue weighted by molar-refractivity contribution is -0.178. The Morgan fingerprint density at radius 3 is 2.25 bits per heavy atom. The van der Waals surface area contributed by atoms with Gasteiger partial charge < -0.3 is 0 Å². The third-order valence-corrected chi connectivity index (χ3v) is 1.78. The lowest BCUT2D eigenvalue weighted by atomic mass is 10.0. The molecule has 0 spiro atoms. The molecule has 0 aliphatic heterocycles. The number of halogens is 4. The van der Waals surface area contributed by atoms with E-state index >= 15 is 0 Å². The molecule has 0 N–H and O–H groups in total. The number of hydrogen-bond acceptors (Lipinski definition) is 1. The molecule has 0 aliphatic rings. The molecule has 0 saturated carbocycles. The lowest BCUT2D eigenvalue weighted by Gasteiger charge is -2.15. The van der Waals surface area contributed by atoms with Crippen LogP contribution in [0.5, 0.6) is 0 Å². The van der Waals surface area contributed by atoms with Crippen LogP contribution in [0.2, 0.25) is 0 Å². The van der Waals surface area contributed by atoms with Gasteiger partial charge in [-0.15, -0.1) is 0 Å². The average molecular weight is 203 g/mol. The van der Waals surface area contributed by atoms with Gasteiger partial charge in [0.25, 0.3) is 0 Å². The summed E-state index contributed by atoms with van der Waals surface area (Å²) in [6.45, 7) is 1.76. The largest absolute Gasteiger partial charge is 0.399 e. The van der Waals surface area contributed by atoms with Crippen LogP contribution in [0.3, 0.4) is 0 Å². The SMILES string of the molecule is CCCCC(C(=O)Cl)C(F)(F)F. The molecular formula is C7H10ClF3O. The average Bonchev–Trinajstić information content (AvgIpc) is 1.84. The molecule has 1 atom stereocenters. The quantitative estimate of drug-likeness (QED) is 0.641. The molecule has 0 bridgehead atoms. The van der Waals surface area contributed by atoms with Gasteiger partial charge in [0.05, 0.1) is 0 Å². The molecule has 72 valence electrons. The van der Waals surface area contributed by atoms with E-state index in [1.54, 1.807) is 6.92 Å². The minimum absolute atomic E-state index is 0.206. The zero-order valence-corrected chi connectivity index (χ0v) is 7.37. The second kappa shape index (κ2) is 4.70. The molecule has 0 amide bonds. The van der Waals surface area contributed by atoms with Crippen LogP contribution in [0.1, 0.15) is 26.2 Å². The second-order valence-electron chi connectivity index (χ2n) is 2.54. The van der Waals surface area contributed by atoms with Gasteiger partial charge in [0, 0.05) is 0 Å². The predicted octanol–water partition coefficient (Wildman–Crippen LogP) is 3.12. The zero-order chi connectivity index (χ0) is 9.78. The Morgan fingerprint density at radius 1 is 1.50 bits per heavy atom. The van der Waals surface area contributed by atoms with E-state index in [0.29, 0.717) is 12.8 Å². The summed E-state index contributed by atoms with van der Waals surface area (Å²) < 4.78 is 36.0. The maximum absolute atomic E-state index is 12.0. The molecule has 0 radical (unpaired) electrons. The van der Waals surface area contributed by atoms with Gasteiger partial charge in [-0.25, -0.2) is 0 Å². The molecule has 1 nitrogen and oxygen atoms in total. The van der Waals surface area contributed by atoms with Gasteiger partial charge in [0.2, 0.25) is 5.24 Å². The zero-order valence-electron chi connectivity index (χ0n) is 6.62. The third-order valence-electron chi connectivity index (χ3n) is 1.52. The third kappa shape index (κ3) is 3.95. The van der Waals surface area contributed by atoms with E-state index in [1.807, 2.05) is 0 Å². The fraction of sp³-hybridized carbons (Fsp3) is 0.857. The molecule has 1 unspecified atom stereocenters. The highest BCUT2D eigenvalue weighted by molar-refractivity contribution is 6.64. The standard InChI is InChI=1S/C7H10ClF3O/c1-2-3-4-5(6(8)12)7(9,10)11/h5H,2-4H2,1H3. The Hall–Kier alpha value is -0.250. The summed E-state index contributed by atoms with van der Waals surface area (Å²) in [5.74, 6) is -1.99. The van der Waals surface area contributed by atoms with Crippen molar-refractivity contribution in [2.45, 2.75) is 32.4 Å². The van der Waals surface area contributed by atoms with Crippen molar-refractivity contribution in [2.75, 3.05) is 0 Å². The Bertz CT molecular complexity index is 155. The van der Waals surface area contributed by atoms with Crippen molar-refractivity contribution in [3.63, 3.8) is 0 Å². The van der Waals surface area contributed by atoms with Crippen LogP contribution >= 0.6 is 11.6 Å². The summed E-state index contributed by atoms with van der Waals surface area (Å²) in [7, 11) is 0. The van der Waals surface area contributed by atoms with E-state index in [1.165, 1.54) is 0 Å². The predicted molar refractivity (Wildman–Crippen MR) is 39.9 cm³/mol. The Balaban J connectivity index is 4.15. The van der Waals surface area contributed by atoms with Crippen molar-refractivity contribution < 1.29 is 18.0 Å². The summed E-state index contributed by atoms with van der Waals surface area (Å²) in [6, 6.07) is 0. The van der Waals surface area contributed by atoms with Crippen molar-refractivity contribution in [3.8, 4) is 0 Å². The van der Waals surface area contributed by atoms with E-state index in [-0.39, 0.29) is 6.42 Å². The van der Waals surface area contributed by atoms with Crippen molar-refractivity contribution in [3.05, 3.63) is 0 Å². The summed E-state index contributed by atoms with van der Waals surface area (Å²) >= 11 is 4.81. The maximum atomic E-state index is 12.0. The molecule has 5 heteroatoms. The Labute approximate surface area is 73.9 Å². The second-order valence-corrected chi connectivity index (χ2v) is 2.91. The van der Waals surface area contributed by atoms with Gasteiger partial charge in [0.15, 0.2) is 0 Å².